The lowest BCUT2D eigenvalue weighted by molar-refractivity contribution is 0.102. The van der Waals surface area contributed by atoms with Crippen LogP contribution >= 0.6 is 15.9 Å². The molecule has 3 aromatic rings. The van der Waals surface area contributed by atoms with Crippen LogP contribution in [-0.4, -0.2) is 15.9 Å². The first kappa shape index (κ1) is 16.1. The molecule has 120 valence electrons. The summed E-state index contributed by atoms with van der Waals surface area (Å²) in [6.07, 6.45) is 4.82. The van der Waals surface area contributed by atoms with E-state index < -0.39 is 0 Å². The van der Waals surface area contributed by atoms with Gasteiger partial charge in [-0.2, -0.15) is 0 Å². The van der Waals surface area contributed by atoms with Crippen molar-refractivity contribution in [3.05, 3.63) is 76.7 Å². The van der Waals surface area contributed by atoms with E-state index in [1.54, 1.807) is 30.6 Å². The van der Waals surface area contributed by atoms with Gasteiger partial charge in [0.25, 0.3) is 5.91 Å². The lowest BCUT2D eigenvalue weighted by Gasteiger charge is -2.10. The molecule has 2 aromatic heterocycles. The van der Waals surface area contributed by atoms with E-state index in [2.05, 4.69) is 36.5 Å². The summed E-state index contributed by atoms with van der Waals surface area (Å²) in [6, 6.07) is 13.1. The zero-order chi connectivity index (χ0) is 16.9. The molecule has 2 N–H and O–H groups in total. The summed E-state index contributed by atoms with van der Waals surface area (Å²) < 4.78 is 1.04. The van der Waals surface area contributed by atoms with Gasteiger partial charge in [-0.15, -0.1) is 0 Å². The molecule has 0 aliphatic heterocycles. The van der Waals surface area contributed by atoms with E-state index in [1.165, 1.54) is 6.20 Å². The molecule has 6 heteroatoms. The number of aromatic nitrogens is 2. The molecule has 5 nitrogen and oxygen atoms in total. The maximum atomic E-state index is 12.1. The fraction of sp³-hybridized carbons (Fsp3) is 0.0556. The van der Waals surface area contributed by atoms with Crippen LogP contribution in [0.2, 0.25) is 0 Å². The second-order valence-electron chi connectivity index (χ2n) is 5.21. The topological polar surface area (TPSA) is 66.9 Å². The molecule has 0 atom stereocenters. The van der Waals surface area contributed by atoms with Crippen LogP contribution in [0.25, 0.3) is 0 Å². The Hall–Kier alpha value is -2.73. The molecule has 0 fully saturated rings. The highest BCUT2D eigenvalue weighted by Gasteiger charge is 2.07. The molecule has 0 aliphatic rings. The lowest BCUT2D eigenvalue weighted by atomic mass is 10.2. The molecule has 0 saturated carbocycles. The van der Waals surface area contributed by atoms with Crippen LogP contribution in [-0.2, 0) is 0 Å². The summed E-state index contributed by atoms with van der Waals surface area (Å²) in [5, 5.41) is 6.05. The maximum Gasteiger partial charge on any atom is 0.258 e. The van der Waals surface area contributed by atoms with Crippen molar-refractivity contribution in [3.63, 3.8) is 0 Å². The van der Waals surface area contributed by atoms with Gasteiger partial charge in [-0.1, -0.05) is 15.9 Å². The van der Waals surface area contributed by atoms with E-state index in [9.17, 15) is 4.79 Å². The summed E-state index contributed by atoms with van der Waals surface area (Å²) >= 11 is 3.45. The van der Waals surface area contributed by atoms with Gasteiger partial charge in [-0.05, 0) is 55.0 Å². The first-order valence-corrected chi connectivity index (χ1v) is 8.12. The molecule has 1 amide bonds. The number of rotatable bonds is 4. The summed E-state index contributed by atoms with van der Waals surface area (Å²) in [7, 11) is 0. The summed E-state index contributed by atoms with van der Waals surface area (Å²) in [5.41, 5.74) is 3.47. The number of anilines is 3. The second-order valence-corrected chi connectivity index (χ2v) is 6.13. The van der Waals surface area contributed by atoms with Crippen molar-refractivity contribution in [3.8, 4) is 0 Å². The molecule has 0 aliphatic carbocycles. The summed E-state index contributed by atoms with van der Waals surface area (Å²) in [4.78, 5) is 20.2. The van der Waals surface area contributed by atoms with E-state index in [4.69, 9.17) is 0 Å². The largest absolute Gasteiger partial charge is 0.354 e. The highest BCUT2D eigenvalue weighted by molar-refractivity contribution is 9.10. The third kappa shape index (κ3) is 3.97. The van der Waals surface area contributed by atoms with Crippen molar-refractivity contribution in [1.29, 1.82) is 0 Å². The highest BCUT2D eigenvalue weighted by Crippen LogP contribution is 2.23. The molecule has 0 saturated heterocycles. The number of carbonyl (C=O) groups excluding carboxylic acids is 1. The predicted molar refractivity (Wildman–Crippen MR) is 98.6 cm³/mol. The van der Waals surface area contributed by atoms with Gasteiger partial charge in [0.2, 0.25) is 0 Å². The zero-order valence-electron chi connectivity index (χ0n) is 13.0. The second kappa shape index (κ2) is 7.23. The number of hydrogen-bond acceptors (Lipinski definition) is 4. The van der Waals surface area contributed by atoms with Gasteiger partial charge in [-0.25, -0.2) is 4.98 Å². The van der Waals surface area contributed by atoms with E-state index in [0.29, 0.717) is 11.4 Å². The number of nitrogens with one attached hydrogen (secondary N) is 2. The Morgan fingerprint density at radius 3 is 2.67 bits per heavy atom. The van der Waals surface area contributed by atoms with Crippen LogP contribution in [0.1, 0.15) is 15.9 Å². The molecule has 0 bridgehead atoms. The number of nitrogens with zero attached hydrogens (tertiary/aromatic N) is 2. The number of amides is 1. The van der Waals surface area contributed by atoms with Crippen molar-refractivity contribution < 1.29 is 4.79 Å². The van der Waals surface area contributed by atoms with E-state index in [-0.39, 0.29) is 5.91 Å². The Labute approximate surface area is 148 Å². The smallest absolute Gasteiger partial charge is 0.258 e. The standard InChI is InChI=1S/C18H15BrN4O/c1-12-9-14(19)4-6-16(12)22-15-5-7-17(21-11-15)23-18(24)13-3-2-8-20-10-13/h2-11,22H,1H3,(H,21,23,24). The Bertz CT molecular complexity index is 851. The third-order valence-corrected chi connectivity index (χ3v) is 3.89. The molecular weight excluding hydrogens is 368 g/mol. The molecule has 0 unspecified atom stereocenters. The monoisotopic (exact) mass is 382 g/mol. The Morgan fingerprint density at radius 1 is 1.12 bits per heavy atom. The summed E-state index contributed by atoms with van der Waals surface area (Å²) in [6.45, 7) is 2.03. The Morgan fingerprint density at radius 2 is 2.00 bits per heavy atom. The first-order chi connectivity index (χ1) is 11.6. The van der Waals surface area contributed by atoms with Crippen LogP contribution in [0.5, 0.6) is 0 Å². The van der Waals surface area contributed by atoms with Crippen LogP contribution in [0.15, 0.2) is 65.5 Å². The minimum Gasteiger partial charge on any atom is -0.354 e. The Kier molecular flexibility index (Phi) is 4.86. The van der Waals surface area contributed by atoms with Crippen molar-refractivity contribution >= 4 is 39.0 Å². The number of pyridine rings is 2. The minimum atomic E-state index is -0.236. The fourth-order valence-electron chi connectivity index (χ4n) is 2.15. The third-order valence-electron chi connectivity index (χ3n) is 3.40. The predicted octanol–water partition coefficient (Wildman–Crippen LogP) is 4.54. The van der Waals surface area contributed by atoms with Gasteiger partial charge in [0.1, 0.15) is 5.82 Å². The van der Waals surface area contributed by atoms with Gasteiger partial charge < -0.3 is 10.6 Å². The van der Waals surface area contributed by atoms with Gasteiger partial charge in [0.15, 0.2) is 0 Å². The van der Waals surface area contributed by atoms with Crippen molar-refractivity contribution in [2.45, 2.75) is 6.92 Å². The quantitative estimate of drug-likeness (QED) is 0.694. The maximum absolute atomic E-state index is 12.1. The van der Waals surface area contributed by atoms with Gasteiger partial charge in [0.05, 0.1) is 17.4 Å². The Balaban J connectivity index is 1.68. The van der Waals surface area contributed by atoms with Crippen molar-refractivity contribution in [1.82, 2.24) is 9.97 Å². The van der Waals surface area contributed by atoms with Gasteiger partial charge in [0, 0.05) is 22.6 Å². The SMILES string of the molecule is Cc1cc(Br)ccc1Nc1ccc(NC(=O)c2cccnc2)nc1. The normalized spacial score (nSPS) is 10.2. The van der Waals surface area contributed by atoms with Crippen molar-refractivity contribution in [2.75, 3.05) is 10.6 Å². The molecule has 3 rings (SSSR count). The number of aryl methyl sites for hydroxylation is 1. The number of carbonyl (C=O) groups is 1. The van der Waals surface area contributed by atoms with Gasteiger partial charge in [-0.3, -0.25) is 9.78 Å². The molecular formula is C18H15BrN4O. The lowest BCUT2D eigenvalue weighted by Crippen LogP contribution is -2.13. The average molecular weight is 383 g/mol. The van der Waals surface area contributed by atoms with Crippen LogP contribution in [0.4, 0.5) is 17.2 Å². The summed E-state index contributed by atoms with van der Waals surface area (Å²) in [5.74, 6) is 0.252. The zero-order valence-corrected chi connectivity index (χ0v) is 14.5. The number of halogens is 1. The highest BCUT2D eigenvalue weighted by atomic mass is 79.9. The fourth-order valence-corrected chi connectivity index (χ4v) is 2.63. The van der Waals surface area contributed by atoms with Crippen LogP contribution < -0.4 is 10.6 Å². The molecule has 0 spiro atoms. The molecule has 0 radical (unpaired) electrons. The number of hydrogen-bond donors (Lipinski definition) is 2. The van der Waals surface area contributed by atoms with Crippen LogP contribution in [0, 0.1) is 6.92 Å². The molecule has 1 aromatic carbocycles. The minimum absolute atomic E-state index is 0.236. The van der Waals surface area contributed by atoms with E-state index in [0.717, 1.165) is 21.4 Å². The molecule has 24 heavy (non-hydrogen) atoms. The van der Waals surface area contributed by atoms with Crippen molar-refractivity contribution in [2.24, 2.45) is 0 Å². The van der Waals surface area contributed by atoms with Gasteiger partial charge >= 0.3 is 0 Å². The van der Waals surface area contributed by atoms with E-state index >= 15 is 0 Å². The van der Waals surface area contributed by atoms with E-state index in [1.807, 2.05) is 31.2 Å². The van der Waals surface area contributed by atoms with Crippen LogP contribution in [0.3, 0.4) is 0 Å². The molecule has 2 heterocycles. The first-order valence-electron chi connectivity index (χ1n) is 7.32. The average Bonchev–Trinajstić information content (AvgIpc) is 2.60. The number of benzene rings is 1.